The lowest BCUT2D eigenvalue weighted by molar-refractivity contribution is -0.121. The van der Waals surface area contributed by atoms with E-state index in [1.807, 2.05) is 0 Å². The lowest BCUT2D eigenvalue weighted by Crippen LogP contribution is -2.32. The first-order valence-corrected chi connectivity index (χ1v) is 9.53. The SMILES string of the molecule is COc1cc(OC)c(OC)cc1CNC(=O)Cn1cnc2c(Cl)cc(Cl)cc2c1=O. The molecule has 0 saturated carbocycles. The van der Waals surface area contributed by atoms with E-state index in [2.05, 4.69) is 10.3 Å². The Balaban J connectivity index is 1.78. The van der Waals surface area contributed by atoms with Gasteiger partial charge in [-0.3, -0.25) is 14.2 Å². The molecule has 0 aliphatic rings. The van der Waals surface area contributed by atoms with Crippen molar-refractivity contribution < 1.29 is 19.0 Å². The van der Waals surface area contributed by atoms with Gasteiger partial charge in [-0.15, -0.1) is 0 Å². The van der Waals surface area contributed by atoms with Crippen LogP contribution in [0.2, 0.25) is 10.0 Å². The number of amides is 1. The fourth-order valence-electron chi connectivity index (χ4n) is 2.94. The maximum Gasteiger partial charge on any atom is 0.261 e. The van der Waals surface area contributed by atoms with Crippen LogP contribution in [0.1, 0.15) is 5.56 Å². The fourth-order valence-corrected chi connectivity index (χ4v) is 3.48. The number of fused-ring (bicyclic) bond motifs is 1. The van der Waals surface area contributed by atoms with E-state index < -0.39 is 5.56 Å². The molecule has 30 heavy (non-hydrogen) atoms. The van der Waals surface area contributed by atoms with Crippen LogP contribution in [0.5, 0.6) is 17.2 Å². The van der Waals surface area contributed by atoms with Crippen molar-refractivity contribution in [1.29, 1.82) is 0 Å². The van der Waals surface area contributed by atoms with Gasteiger partial charge < -0.3 is 19.5 Å². The van der Waals surface area contributed by atoms with E-state index >= 15 is 0 Å². The first-order valence-electron chi connectivity index (χ1n) is 8.77. The second-order valence-corrected chi connectivity index (χ2v) is 7.10. The molecule has 0 spiro atoms. The highest BCUT2D eigenvalue weighted by Crippen LogP contribution is 2.34. The topological polar surface area (TPSA) is 91.7 Å². The number of nitrogens with zero attached hydrogens (tertiary/aromatic N) is 2. The molecule has 1 heterocycles. The molecular weight excluding hydrogens is 433 g/mol. The van der Waals surface area contributed by atoms with Gasteiger partial charge in [-0.2, -0.15) is 0 Å². The number of hydrogen-bond donors (Lipinski definition) is 1. The molecule has 0 radical (unpaired) electrons. The van der Waals surface area contributed by atoms with Crippen LogP contribution < -0.4 is 25.1 Å². The summed E-state index contributed by atoms with van der Waals surface area (Å²) in [6.07, 6.45) is 1.28. The smallest absolute Gasteiger partial charge is 0.261 e. The van der Waals surface area contributed by atoms with Gasteiger partial charge in [-0.1, -0.05) is 23.2 Å². The number of nitrogens with one attached hydrogen (secondary N) is 1. The average molecular weight is 452 g/mol. The van der Waals surface area contributed by atoms with E-state index in [0.29, 0.717) is 33.4 Å². The molecule has 3 aromatic rings. The summed E-state index contributed by atoms with van der Waals surface area (Å²) in [6.45, 7) is -0.0582. The van der Waals surface area contributed by atoms with Crippen molar-refractivity contribution in [3.8, 4) is 17.2 Å². The molecule has 2 aromatic carbocycles. The Morgan fingerprint density at radius 1 is 1.03 bits per heavy atom. The zero-order valence-corrected chi connectivity index (χ0v) is 18.0. The first kappa shape index (κ1) is 21.7. The Labute approximate surface area is 182 Å². The number of ether oxygens (including phenoxy) is 3. The lowest BCUT2D eigenvalue weighted by atomic mass is 10.1. The summed E-state index contributed by atoms with van der Waals surface area (Å²) in [6, 6.07) is 6.36. The molecule has 0 aliphatic carbocycles. The van der Waals surface area contributed by atoms with Crippen LogP contribution >= 0.6 is 23.2 Å². The van der Waals surface area contributed by atoms with Crippen molar-refractivity contribution >= 4 is 40.0 Å². The second-order valence-electron chi connectivity index (χ2n) is 6.26. The second kappa shape index (κ2) is 9.23. The summed E-state index contributed by atoms with van der Waals surface area (Å²) in [7, 11) is 4.56. The van der Waals surface area contributed by atoms with Crippen molar-refractivity contribution in [2.24, 2.45) is 0 Å². The van der Waals surface area contributed by atoms with E-state index in [1.54, 1.807) is 12.1 Å². The molecule has 0 aliphatic heterocycles. The average Bonchev–Trinajstić information content (AvgIpc) is 2.73. The van der Waals surface area contributed by atoms with Crippen LogP contribution in [0.15, 0.2) is 35.4 Å². The summed E-state index contributed by atoms with van der Waals surface area (Å²) in [5, 5.41) is 3.58. The zero-order valence-electron chi connectivity index (χ0n) is 16.5. The van der Waals surface area contributed by atoms with Gasteiger partial charge in [0.2, 0.25) is 5.91 Å². The minimum Gasteiger partial charge on any atom is -0.496 e. The van der Waals surface area contributed by atoms with Crippen LogP contribution in [0, 0.1) is 0 Å². The molecule has 10 heteroatoms. The predicted molar refractivity (Wildman–Crippen MR) is 114 cm³/mol. The van der Waals surface area contributed by atoms with Crippen molar-refractivity contribution in [2.45, 2.75) is 13.1 Å². The normalized spacial score (nSPS) is 10.7. The predicted octanol–water partition coefficient (Wildman–Crippen LogP) is 3.05. The Bertz CT molecular complexity index is 1160. The van der Waals surface area contributed by atoms with Gasteiger partial charge in [-0.05, 0) is 18.2 Å². The van der Waals surface area contributed by atoms with E-state index in [4.69, 9.17) is 37.4 Å². The van der Waals surface area contributed by atoms with E-state index in [-0.39, 0.29) is 29.4 Å². The van der Waals surface area contributed by atoms with Crippen LogP contribution in [0.4, 0.5) is 0 Å². The number of aromatic nitrogens is 2. The zero-order chi connectivity index (χ0) is 21.8. The summed E-state index contributed by atoms with van der Waals surface area (Å²) in [5.41, 5.74) is 0.604. The third kappa shape index (κ3) is 4.44. The van der Waals surface area contributed by atoms with Gasteiger partial charge >= 0.3 is 0 Å². The number of benzene rings is 2. The molecule has 1 N–H and O–H groups in total. The number of halogens is 2. The molecule has 3 rings (SSSR count). The molecule has 0 bridgehead atoms. The molecular formula is C20H19Cl2N3O5. The monoisotopic (exact) mass is 451 g/mol. The lowest BCUT2D eigenvalue weighted by Gasteiger charge is -2.15. The van der Waals surface area contributed by atoms with Crippen LogP contribution in [0.25, 0.3) is 10.9 Å². The van der Waals surface area contributed by atoms with E-state index in [0.717, 1.165) is 0 Å². The van der Waals surface area contributed by atoms with Crippen LogP contribution in [0.3, 0.4) is 0 Å². The summed E-state index contributed by atoms with van der Waals surface area (Å²) < 4.78 is 17.1. The summed E-state index contributed by atoms with van der Waals surface area (Å²) in [4.78, 5) is 29.3. The van der Waals surface area contributed by atoms with Gasteiger partial charge in [0, 0.05) is 23.2 Å². The fraction of sp³-hybridized carbons (Fsp3) is 0.250. The van der Waals surface area contributed by atoms with Crippen LogP contribution in [-0.2, 0) is 17.9 Å². The molecule has 1 aromatic heterocycles. The quantitative estimate of drug-likeness (QED) is 0.593. The standard InChI is InChI=1S/C20H19Cl2N3O5/c1-28-15-7-17(30-3)16(29-2)4-11(15)8-23-18(26)9-25-10-24-19-13(20(25)27)5-12(21)6-14(19)22/h4-7,10H,8-9H2,1-3H3,(H,23,26). The first-order chi connectivity index (χ1) is 14.4. The van der Waals surface area contributed by atoms with E-state index in [9.17, 15) is 9.59 Å². The Kier molecular flexibility index (Phi) is 6.69. The Hall–Kier alpha value is -2.97. The number of carbonyl (C=O) groups is 1. The Morgan fingerprint density at radius 2 is 1.70 bits per heavy atom. The van der Waals surface area contributed by atoms with Gasteiger partial charge in [0.05, 0.1) is 43.6 Å². The third-order valence-electron chi connectivity index (χ3n) is 4.42. The van der Waals surface area contributed by atoms with Crippen molar-refractivity contribution in [3.05, 3.63) is 56.6 Å². The van der Waals surface area contributed by atoms with Gasteiger partial charge in [0.1, 0.15) is 12.3 Å². The summed E-state index contributed by atoms with van der Waals surface area (Å²) in [5.74, 6) is 1.16. The number of carbonyl (C=O) groups excluding carboxylic acids is 1. The maximum atomic E-state index is 12.7. The molecule has 1 amide bonds. The summed E-state index contributed by atoms with van der Waals surface area (Å²) >= 11 is 12.1. The molecule has 0 atom stereocenters. The van der Waals surface area contributed by atoms with Crippen LogP contribution in [-0.4, -0.2) is 36.8 Å². The number of rotatable bonds is 7. The van der Waals surface area contributed by atoms with Crippen molar-refractivity contribution in [2.75, 3.05) is 21.3 Å². The minimum atomic E-state index is -0.414. The molecule has 8 nitrogen and oxygen atoms in total. The van der Waals surface area contributed by atoms with E-state index in [1.165, 1.54) is 44.4 Å². The third-order valence-corrected chi connectivity index (χ3v) is 4.93. The molecule has 0 unspecified atom stereocenters. The van der Waals surface area contributed by atoms with Crippen molar-refractivity contribution in [3.63, 3.8) is 0 Å². The van der Waals surface area contributed by atoms with Gasteiger partial charge in [0.15, 0.2) is 11.5 Å². The highest BCUT2D eigenvalue weighted by molar-refractivity contribution is 6.38. The Morgan fingerprint density at radius 3 is 2.37 bits per heavy atom. The highest BCUT2D eigenvalue weighted by Gasteiger charge is 2.14. The maximum absolute atomic E-state index is 12.7. The molecule has 0 fully saturated rings. The largest absolute Gasteiger partial charge is 0.496 e. The molecule has 158 valence electrons. The van der Waals surface area contributed by atoms with Gasteiger partial charge in [0.25, 0.3) is 5.56 Å². The minimum absolute atomic E-state index is 0.162. The van der Waals surface area contributed by atoms with Crippen molar-refractivity contribution in [1.82, 2.24) is 14.9 Å². The van der Waals surface area contributed by atoms with Gasteiger partial charge in [-0.25, -0.2) is 4.98 Å². The number of methoxy groups -OCH3 is 3. The highest BCUT2D eigenvalue weighted by atomic mass is 35.5. The number of hydrogen-bond acceptors (Lipinski definition) is 6. The molecule has 0 saturated heterocycles.